The van der Waals surface area contributed by atoms with Crippen LogP contribution in [0.15, 0.2) is 73.1 Å². The quantitative estimate of drug-likeness (QED) is 0.232. The molecule has 0 amide bonds. The summed E-state index contributed by atoms with van der Waals surface area (Å²) in [4.78, 5) is 0. The molecule has 0 bridgehead atoms. The molecule has 128 valence electrons. The molecule has 0 aliphatic carbocycles. The molecule has 3 aromatic carbocycles. The Morgan fingerprint density at radius 2 is 1.56 bits per heavy atom. The topological polar surface area (TPSA) is 4.93 Å². The van der Waals surface area contributed by atoms with Crippen LogP contribution < -0.4 is 24.8 Å². The van der Waals surface area contributed by atoms with Crippen molar-refractivity contribution in [2.24, 2.45) is 0 Å². The summed E-state index contributed by atoms with van der Waals surface area (Å²) in [6, 6.07) is 21.2. The molecular weight excluding hydrogens is 516 g/mol. The molecule has 0 spiro atoms. The Morgan fingerprint density at radius 1 is 0.920 bits per heavy atom. The van der Waals surface area contributed by atoms with E-state index in [1.165, 1.54) is 33.2 Å². The molecule has 0 N–H and O–H groups in total. The van der Waals surface area contributed by atoms with Gasteiger partial charge in [-0.1, -0.05) is 26.8 Å². The van der Waals surface area contributed by atoms with Crippen molar-refractivity contribution < 1.29 is 50.7 Å². The van der Waals surface area contributed by atoms with E-state index in [9.17, 15) is 0 Å². The van der Waals surface area contributed by atoms with Crippen LogP contribution in [0.3, 0.4) is 0 Å². The smallest absolute Gasteiger partial charge is 1.00 e. The number of nitrogens with zero attached hydrogens (tertiary/aromatic N) is 1. The second-order valence-corrected chi connectivity index (χ2v) is 5.76. The normalized spacial score (nSPS) is 9.24. The van der Waals surface area contributed by atoms with Crippen LogP contribution in [-0.2, 0) is 25.8 Å². The zero-order valence-corrected chi connectivity index (χ0v) is 19.7. The number of fused-ring (bicyclic) bond motifs is 1. The molecule has 4 rings (SSSR count). The third-order valence-corrected chi connectivity index (χ3v) is 4.27. The van der Waals surface area contributed by atoms with Gasteiger partial charge in [-0.25, -0.2) is 6.07 Å². The first-order chi connectivity index (χ1) is 10.6. The molecule has 0 fully saturated rings. The van der Waals surface area contributed by atoms with Gasteiger partial charge in [-0.15, -0.1) is 41.1 Å². The summed E-state index contributed by atoms with van der Waals surface area (Å²) in [6.07, 6.45) is 4.13. The maximum absolute atomic E-state index is 2.20. The van der Waals surface area contributed by atoms with Crippen molar-refractivity contribution in [3.05, 3.63) is 89.7 Å². The largest absolute Gasteiger partial charge is 4.00 e. The molecule has 4 aromatic rings. The van der Waals surface area contributed by atoms with Crippen molar-refractivity contribution in [3.63, 3.8) is 0 Å². The van der Waals surface area contributed by atoms with E-state index in [0.29, 0.717) is 0 Å². The van der Waals surface area contributed by atoms with Crippen molar-refractivity contribution in [2.75, 3.05) is 0 Å². The third kappa shape index (κ3) is 5.70. The molecule has 1 aromatic heterocycles. The molecule has 0 radical (unpaired) electrons. The number of hydrogen-bond donors (Lipinski definition) is 0. The Labute approximate surface area is 181 Å². The minimum atomic E-state index is 0. The van der Waals surface area contributed by atoms with Crippen molar-refractivity contribution in [2.45, 2.75) is 20.8 Å². The molecular formula is C21H21Cl2HfN. The molecule has 0 aliphatic heterocycles. The first-order valence-electron chi connectivity index (χ1n) is 7.63. The van der Waals surface area contributed by atoms with E-state index in [0.717, 1.165) is 0 Å². The number of aryl methyl sites for hydroxylation is 2. The zero-order chi connectivity index (χ0) is 15.5. The number of rotatable bonds is 1. The van der Waals surface area contributed by atoms with Crippen LogP contribution in [0.25, 0.3) is 16.5 Å². The van der Waals surface area contributed by atoms with Gasteiger partial charge in [0.05, 0.1) is 0 Å². The van der Waals surface area contributed by atoms with Gasteiger partial charge in [0.1, 0.15) is 0 Å². The molecule has 1 heterocycles. The summed E-state index contributed by atoms with van der Waals surface area (Å²) in [7, 11) is 0. The van der Waals surface area contributed by atoms with E-state index in [2.05, 4.69) is 86.3 Å². The van der Waals surface area contributed by atoms with Gasteiger partial charge in [0.15, 0.2) is 0 Å². The molecule has 0 aliphatic rings. The molecule has 4 heteroatoms. The fraction of sp³-hybridized carbons (Fsp3) is 0.143. The average Bonchev–Trinajstić information content (AvgIpc) is 3.24. The van der Waals surface area contributed by atoms with Crippen molar-refractivity contribution >= 4 is 10.8 Å². The maximum atomic E-state index is 2.20. The SMILES string of the molecule is Cc1cc[c-](C)c1C.[Cl-].[Cl-].[Hf+4].c1ccc2[cH-]c(-n3cccc3)cc2c1. The fourth-order valence-corrected chi connectivity index (χ4v) is 2.60. The Bertz CT molecular complexity index is 820. The number of halogens is 2. The van der Waals surface area contributed by atoms with Gasteiger partial charge in [0.2, 0.25) is 0 Å². The molecule has 0 unspecified atom stereocenters. The van der Waals surface area contributed by atoms with Crippen LogP contribution in [0, 0.1) is 20.8 Å². The first-order valence-corrected chi connectivity index (χ1v) is 7.63. The van der Waals surface area contributed by atoms with Crippen molar-refractivity contribution in [1.29, 1.82) is 0 Å². The Balaban J connectivity index is 0.000000462. The summed E-state index contributed by atoms with van der Waals surface area (Å²) >= 11 is 0. The summed E-state index contributed by atoms with van der Waals surface area (Å²) in [5.74, 6) is 0. The second-order valence-electron chi connectivity index (χ2n) is 5.76. The maximum Gasteiger partial charge on any atom is 4.00 e. The molecule has 1 nitrogen and oxygen atoms in total. The van der Waals surface area contributed by atoms with Gasteiger partial charge in [0.25, 0.3) is 0 Å². The Kier molecular flexibility index (Phi) is 10.3. The van der Waals surface area contributed by atoms with Gasteiger partial charge in [-0.2, -0.15) is 22.8 Å². The summed E-state index contributed by atoms with van der Waals surface area (Å²) in [5, 5.41) is 2.60. The fourth-order valence-electron chi connectivity index (χ4n) is 2.60. The summed E-state index contributed by atoms with van der Waals surface area (Å²) in [5.41, 5.74) is 5.48. The van der Waals surface area contributed by atoms with Crippen LogP contribution in [0.4, 0.5) is 0 Å². The van der Waals surface area contributed by atoms with E-state index in [1.54, 1.807) is 0 Å². The Hall–Kier alpha value is -1.09. The first kappa shape index (κ1) is 23.9. The van der Waals surface area contributed by atoms with Gasteiger partial charge < -0.3 is 29.4 Å². The van der Waals surface area contributed by atoms with E-state index in [-0.39, 0.29) is 50.7 Å². The zero-order valence-electron chi connectivity index (χ0n) is 14.6. The van der Waals surface area contributed by atoms with Gasteiger partial charge in [-0.05, 0) is 17.8 Å². The van der Waals surface area contributed by atoms with Crippen molar-refractivity contribution in [3.8, 4) is 5.69 Å². The van der Waals surface area contributed by atoms with Crippen molar-refractivity contribution in [1.82, 2.24) is 4.57 Å². The van der Waals surface area contributed by atoms with Crippen LogP contribution in [-0.4, -0.2) is 4.57 Å². The van der Waals surface area contributed by atoms with Crippen LogP contribution in [0.5, 0.6) is 0 Å². The Morgan fingerprint density at radius 3 is 2.04 bits per heavy atom. The van der Waals surface area contributed by atoms with Gasteiger partial charge in [-0.3, -0.25) is 0 Å². The minimum absolute atomic E-state index is 0. The third-order valence-electron chi connectivity index (χ3n) is 4.27. The van der Waals surface area contributed by atoms with E-state index >= 15 is 0 Å². The van der Waals surface area contributed by atoms with Crippen LogP contribution >= 0.6 is 0 Å². The monoisotopic (exact) mass is 537 g/mol. The van der Waals surface area contributed by atoms with Crippen LogP contribution in [0.1, 0.15) is 16.7 Å². The average molecular weight is 537 g/mol. The summed E-state index contributed by atoms with van der Waals surface area (Å²) in [6.45, 7) is 6.44. The number of hydrogen-bond acceptors (Lipinski definition) is 0. The van der Waals surface area contributed by atoms with E-state index < -0.39 is 0 Å². The number of benzene rings is 1. The molecule has 0 atom stereocenters. The minimum Gasteiger partial charge on any atom is -1.00 e. The molecule has 0 saturated carbocycles. The van der Waals surface area contributed by atoms with Gasteiger partial charge in [0, 0.05) is 12.4 Å². The predicted octanol–water partition coefficient (Wildman–Crippen LogP) is -0.314. The molecule has 25 heavy (non-hydrogen) atoms. The van der Waals surface area contributed by atoms with Crippen LogP contribution in [0.2, 0.25) is 0 Å². The second kappa shape index (κ2) is 10.8. The predicted molar refractivity (Wildman–Crippen MR) is 95.1 cm³/mol. The van der Waals surface area contributed by atoms with E-state index in [4.69, 9.17) is 0 Å². The standard InChI is InChI=1S/C13H10N.C8H11.2ClH.Hf/c1-2-6-12-10-13(9-11(12)5-1)14-7-3-4-8-14;1-6-4-5-7(2)8(6)3;;;/h1-10H;4-5H,1-3H3;2*1H;/q2*-1;;;+4/p-2. The summed E-state index contributed by atoms with van der Waals surface area (Å²) < 4.78 is 2.12. The van der Waals surface area contributed by atoms with Gasteiger partial charge >= 0.3 is 25.8 Å². The molecule has 0 saturated heterocycles. The number of aromatic nitrogens is 1. The van der Waals surface area contributed by atoms with E-state index in [1.807, 2.05) is 12.1 Å².